The van der Waals surface area contributed by atoms with Gasteiger partial charge < -0.3 is 5.73 Å². The normalized spacial score (nSPS) is 14.5. The van der Waals surface area contributed by atoms with E-state index in [9.17, 15) is 5.26 Å². The van der Waals surface area contributed by atoms with Crippen LogP contribution in [-0.2, 0) is 5.41 Å². The van der Waals surface area contributed by atoms with Crippen molar-refractivity contribution < 1.29 is 0 Å². The highest BCUT2D eigenvalue weighted by Crippen LogP contribution is 2.51. The Labute approximate surface area is 265 Å². The summed E-state index contributed by atoms with van der Waals surface area (Å²) in [6.07, 6.45) is 4.15. The second-order valence-electron chi connectivity index (χ2n) is 12.3. The first-order chi connectivity index (χ1) is 21.9. The largest absolute Gasteiger partial charge is 0.312 e. The quantitative estimate of drug-likeness (QED) is 0.185. The van der Waals surface area contributed by atoms with E-state index >= 15 is 0 Å². The van der Waals surface area contributed by atoms with Gasteiger partial charge in [-0.25, -0.2) is 0 Å². The summed E-state index contributed by atoms with van der Waals surface area (Å²) in [4.78, 5) is 0. The van der Waals surface area contributed by atoms with Crippen LogP contribution in [0.2, 0.25) is 0 Å². The van der Waals surface area contributed by atoms with Gasteiger partial charge in [-0.15, -0.1) is 0 Å². The van der Waals surface area contributed by atoms with Crippen LogP contribution in [-0.4, -0.2) is 0 Å². The first-order valence-corrected chi connectivity index (χ1v) is 15.4. The number of nitriles is 1. The zero-order valence-corrected chi connectivity index (χ0v) is 25.5. The van der Waals surface area contributed by atoms with Gasteiger partial charge in [0.2, 0.25) is 0 Å². The molecule has 0 heterocycles. The van der Waals surface area contributed by atoms with E-state index in [1.54, 1.807) is 0 Å². The van der Waals surface area contributed by atoms with Crippen molar-refractivity contribution >= 4 is 16.8 Å². The van der Waals surface area contributed by atoms with Gasteiger partial charge in [-0.05, 0) is 85.1 Å². The molecule has 2 atom stereocenters. The maximum absolute atomic E-state index is 9.18. The molecule has 218 valence electrons. The Hall–Kier alpha value is -5.27. The van der Waals surface area contributed by atoms with Crippen LogP contribution in [0.15, 0.2) is 140 Å². The fourth-order valence-electron chi connectivity index (χ4n) is 6.67. The van der Waals surface area contributed by atoms with Crippen LogP contribution < -0.4 is 11.1 Å². The molecule has 6 aromatic rings. The molecule has 0 radical (unpaired) electrons. The zero-order chi connectivity index (χ0) is 31.0. The van der Waals surface area contributed by atoms with Crippen LogP contribution >= 0.6 is 0 Å². The minimum atomic E-state index is -0.341. The molecule has 3 heteroatoms. The predicted octanol–water partition coefficient (Wildman–Crippen LogP) is 9.69. The molecular weight excluding hydrogens is 546 g/mol. The van der Waals surface area contributed by atoms with Gasteiger partial charge in [0.15, 0.2) is 0 Å². The lowest BCUT2D eigenvalue weighted by Gasteiger charge is -2.22. The van der Waals surface area contributed by atoms with Crippen molar-refractivity contribution in [3.63, 3.8) is 0 Å². The average Bonchev–Trinajstić information content (AvgIpc) is 3.31. The van der Waals surface area contributed by atoms with Gasteiger partial charge in [-0.3, -0.25) is 5.32 Å². The van der Waals surface area contributed by atoms with Crippen molar-refractivity contribution in [1.29, 1.82) is 5.26 Å². The minimum absolute atomic E-state index is 0.0901. The second kappa shape index (κ2) is 11.7. The molecule has 0 bridgehead atoms. The molecule has 0 aromatic heterocycles. The predicted molar refractivity (Wildman–Crippen MR) is 186 cm³/mol. The van der Waals surface area contributed by atoms with Gasteiger partial charge in [-0.2, -0.15) is 5.26 Å². The van der Waals surface area contributed by atoms with Gasteiger partial charge in [0.25, 0.3) is 0 Å². The summed E-state index contributed by atoms with van der Waals surface area (Å²) < 4.78 is 0. The first kappa shape index (κ1) is 28.5. The van der Waals surface area contributed by atoms with Gasteiger partial charge in [0.1, 0.15) is 0 Å². The molecule has 0 saturated carbocycles. The van der Waals surface area contributed by atoms with E-state index in [2.05, 4.69) is 128 Å². The fraction of sp³-hybridized carbons (Fsp3) is 0.119. The number of rotatable bonds is 7. The molecule has 7 rings (SSSR count). The van der Waals surface area contributed by atoms with Crippen molar-refractivity contribution in [3.8, 4) is 28.3 Å². The Balaban J connectivity index is 1.27. The van der Waals surface area contributed by atoms with E-state index in [1.165, 1.54) is 38.6 Å². The van der Waals surface area contributed by atoms with Crippen LogP contribution in [0.4, 0.5) is 0 Å². The summed E-state index contributed by atoms with van der Waals surface area (Å²) in [5.74, 6) is 0. The van der Waals surface area contributed by atoms with Gasteiger partial charge in [0.05, 0.1) is 23.8 Å². The molecule has 0 spiro atoms. The van der Waals surface area contributed by atoms with Crippen LogP contribution in [0.3, 0.4) is 0 Å². The van der Waals surface area contributed by atoms with Crippen LogP contribution in [0, 0.1) is 11.3 Å². The molecule has 45 heavy (non-hydrogen) atoms. The summed E-state index contributed by atoms with van der Waals surface area (Å²) in [6, 6.07) is 48.5. The molecule has 3 N–H and O–H groups in total. The first-order valence-electron chi connectivity index (χ1n) is 15.4. The van der Waals surface area contributed by atoms with Crippen molar-refractivity contribution in [2.75, 3.05) is 0 Å². The number of nitrogens with zero attached hydrogens (tertiary/aromatic N) is 1. The van der Waals surface area contributed by atoms with Crippen molar-refractivity contribution in [2.45, 2.75) is 31.5 Å². The molecule has 0 saturated heterocycles. The van der Waals surface area contributed by atoms with Crippen LogP contribution in [0.25, 0.3) is 39.1 Å². The van der Waals surface area contributed by atoms with Crippen molar-refractivity contribution in [3.05, 3.63) is 173 Å². The van der Waals surface area contributed by atoms with Crippen molar-refractivity contribution in [1.82, 2.24) is 5.32 Å². The maximum Gasteiger partial charge on any atom is 0.0991 e. The summed E-state index contributed by atoms with van der Waals surface area (Å²) in [6.45, 7) is 4.66. The van der Waals surface area contributed by atoms with Crippen LogP contribution in [0.1, 0.15) is 59.4 Å². The van der Waals surface area contributed by atoms with E-state index in [-0.39, 0.29) is 17.6 Å². The summed E-state index contributed by atoms with van der Waals surface area (Å²) >= 11 is 0. The molecule has 0 amide bonds. The summed E-state index contributed by atoms with van der Waals surface area (Å²) in [5, 5.41) is 15.4. The highest BCUT2D eigenvalue weighted by atomic mass is 15.0. The lowest BCUT2D eigenvalue weighted by molar-refractivity contribution is 0.509. The Kier molecular flexibility index (Phi) is 7.39. The molecule has 1 aliphatic rings. The lowest BCUT2D eigenvalue weighted by Crippen LogP contribution is -2.31. The van der Waals surface area contributed by atoms with Crippen molar-refractivity contribution in [2.24, 2.45) is 5.73 Å². The number of hydrogen-bond donors (Lipinski definition) is 2. The number of nitrogens with two attached hydrogens (primary N) is 1. The Morgan fingerprint density at radius 3 is 2.02 bits per heavy atom. The Morgan fingerprint density at radius 1 is 0.689 bits per heavy atom. The SMILES string of the molecule is CC1(C)c2cc3ccccc3cc2-c2c(/C=C/C(NC(N)c3ccccc3)c3ccc(-c4ccc(C#N)cc4)cc3)cccc21. The van der Waals surface area contributed by atoms with E-state index in [1.807, 2.05) is 42.5 Å². The Morgan fingerprint density at radius 2 is 1.33 bits per heavy atom. The molecular formula is C42H35N3. The van der Waals surface area contributed by atoms with Gasteiger partial charge in [0, 0.05) is 5.41 Å². The third-order valence-electron chi connectivity index (χ3n) is 9.20. The van der Waals surface area contributed by atoms with Gasteiger partial charge in [-0.1, -0.05) is 135 Å². The molecule has 0 fully saturated rings. The third kappa shape index (κ3) is 5.36. The summed E-state index contributed by atoms with van der Waals surface area (Å²) in [5.41, 5.74) is 18.2. The third-order valence-corrected chi connectivity index (χ3v) is 9.20. The molecule has 2 unspecified atom stereocenters. The number of benzene rings is 6. The molecule has 3 nitrogen and oxygen atoms in total. The monoisotopic (exact) mass is 581 g/mol. The molecule has 0 aliphatic heterocycles. The van der Waals surface area contributed by atoms with E-state index in [4.69, 9.17) is 5.73 Å². The maximum atomic E-state index is 9.18. The fourth-order valence-corrected chi connectivity index (χ4v) is 6.67. The molecule has 6 aromatic carbocycles. The zero-order valence-electron chi connectivity index (χ0n) is 25.5. The second-order valence-corrected chi connectivity index (χ2v) is 12.3. The van der Waals surface area contributed by atoms with E-state index < -0.39 is 0 Å². The van der Waals surface area contributed by atoms with Crippen LogP contribution in [0.5, 0.6) is 0 Å². The number of hydrogen-bond acceptors (Lipinski definition) is 3. The van der Waals surface area contributed by atoms with E-state index in [0.29, 0.717) is 5.56 Å². The molecule has 1 aliphatic carbocycles. The number of nitrogens with one attached hydrogen (secondary N) is 1. The highest BCUT2D eigenvalue weighted by Gasteiger charge is 2.36. The van der Waals surface area contributed by atoms with E-state index in [0.717, 1.165) is 22.3 Å². The number of fused-ring (bicyclic) bond motifs is 4. The summed E-state index contributed by atoms with van der Waals surface area (Å²) in [7, 11) is 0. The highest BCUT2D eigenvalue weighted by molar-refractivity contribution is 5.95. The standard InChI is InChI=1S/C42H35N3/c1-42(2)37-14-8-13-32(40(37)36-25-34-11-6-7-12-35(34)26-38(36)42)23-24-39(45-41(44)33-9-4-3-5-10-33)31-21-19-30(20-22-31)29-17-15-28(27-43)16-18-29/h3-26,39,41,45H,44H2,1-2H3/b24-23+. The van der Waals surface area contributed by atoms with Gasteiger partial charge >= 0.3 is 0 Å². The minimum Gasteiger partial charge on any atom is -0.312 e. The average molecular weight is 582 g/mol. The lowest BCUT2D eigenvalue weighted by atomic mass is 9.81. The Bertz CT molecular complexity index is 2060. The topological polar surface area (TPSA) is 61.8 Å². The smallest absolute Gasteiger partial charge is 0.0991 e.